The van der Waals surface area contributed by atoms with Gasteiger partial charge in [0.15, 0.2) is 11.2 Å². The van der Waals surface area contributed by atoms with E-state index in [1.807, 2.05) is 53.8 Å². The maximum atomic E-state index is 6.88. The van der Waals surface area contributed by atoms with E-state index in [9.17, 15) is 0 Å². The highest BCUT2D eigenvalue weighted by Crippen LogP contribution is 2.48. The molecule has 0 atom stereocenters. The van der Waals surface area contributed by atoms with Crippen LogP contribution in [-0.2, 0) is 0 Å². The van der Waals surface area contributed by atoms with Crippen LogP contribution in [0.4, 0.5) is 17.1 Å². The summed E-state index contributed by atoms with van der Waals surface area (Å²) in [5, 5.41) is 6.79. The lowest BCUT2D eigenvalue weighted by Gasteiger charge is -2.26. The standard InChI is InChI=1S/C49H29N3O2S/c1-3-13-30(14-4-1)49-50-47-43(54-49)29-41(48-46(47)37-19-8-11-21-42(37)53-48)51(32-24-26-45-38(27-32)36-18-9-12-22-44(36)55-45)33-23-25-35-34-17-7-10-20-39(34)52(40(35)28-33)31-15-5-2-6-16-31/h1-29H. The first-order chi connectivity index (χ1) is 27.3. The molecule has 0 amide bonds. The van der Waals surface area contributed by atoms with Crippen molar-refractivity contribution in [2.75, 3.05) is 4.90 Å². The average Bonchev–Trinajstić information content (AvgIpc) is 4.02. The zero-order valence-electron chi connectivity index (χ0n) is 29.3. The number of oxazole rings is 1. The minimum absolute atomic E-state index is 0.575. The number of nitrogens with zero attached hydrogens (tertiary/aromatic N) is 3. The molecule has 12 rings (SSSR count). The van der Waals surface area contributed by atoms with E-state index >= 15 is 0 Å². The van der Waals surface area contributed by atoms with Crippen molar-refractivity contribution in [1.82, 2.24) is 9.55 Å². The van der Waals surface area contributed by atoms with Crippen LogP contribution in [0.1, 0.15) is 0 Å². The van der Waals surface area contributed by atoms with Crippen LogP contribution in [-0.4, -0.2) is 9.55 Å². The quantitative estimate of drug-likeness (QED) is 0.177. The third-order valence-corrected chi connectivity index (χ3v) is 11.9. The summed E-state index contributed by atoms with van der Waals surface area (Å²) >= 11 is 1.82. The molecule has 0 N–H and O–H groups in total. The first-order valence-electron chi connectivity index (χ1n) is 18.4. The van der Waals surface area contributed by atoms with Crippen molar-refractivity contribution < 1.29 is 8.83 Å². The lowest BCUT2D eigenvalue weighted by molar-refractivity contribution is 0.619. The molecule has 4 heterocycles. The molecule has 0 unspecified atom stereocenters. The summed E-state index contributed by atoms with van der Waals surface area (Å²) in [5.41, 5.74) is 10.2. The van der Waals surface area contributed by atoms with Gasteiger partial charge in [0, 0.05) is 65.0 Å². The van der Waals surface area contributed by atoms with E-state index in [0.717, 1.165) is 66.8 Å². The number of hydrogen-bond acceptors (Lipinski definition) is 5. The van der Waals surface area contributed by atoms with Crippen LogP contribution in [0.15, 0.2) is 185 Å². The van der Waals surface area contributed by atoms with Gasteiger partial charge >= 0.3 is 0 Å². The fourth-order valence-corrected chi connectivity index (χ4v) is 9.45. The van der Waals surface area contributed by atoms with Gasteiger partial charge in [0.2, 0.25) is 5.89 Å². The van der Waals surface area contributed by atoms with Gasteiger partial charge in [0.05, 0.1) is 22.1 Å². The van der Waals surface area contributed by atoms with Crippen molar-refractivity contribution in [2.24, 2.45) is 0 Å². The van der Waals surface area contributed by atoms with Gasteiger partial charge in [0.25, 0.3) is 0 Å². The highest BCUT2D eigenvalue weighted by molar-refractivity contribution is 7.25. The van der Waals surface area contributed by atoms with Gasteiger partial charge in [-0.2, -0.15) is 0 Å². The van der Waals surface area contributed by atoms with E-state index in [2.05, 4.69) is 143 Å². The van der Waals surface area contributed by atoms with Crippen molar-refractivity contribution in [3.8, 4) is 17.1 Å². The van der Waals surface area contributed by atoms with Crippen LogP contribution in [0, 0.1) is 0 Å². The minimum Gasteiger partial charge on any atom is -0.454 e. The van der Waals surface area contributed by atoms with Crippen molar-refractivity contribution >= 4 is 103 Å². The highest BCUT2D eigenvalue weighted by Gasteiger charge is 2.26. The first-order valence-corrected chi connectivity index (χ1v) is 19.2. The predicted octanol–water partition coefficient (Wildman–Crippen LogP) is 14.3. The predicted molar refractivity (Wildman–Crippen MR) is 229 cm³/mol. The number of thiophene rings is 1. The average molecular weight is 724 g/mol. The molecule has 258 valence electrons. The maximum absolute atomic E-state index is 6.88. The third kappa shape index (κ3) is 4.55. The number of rotatable bonds is 5. The molecule has 0 saturated carbocycles. The molecule has 8 aromatic carbocycles. The number of furan rings is 1. The zero-order valence-corrected chi connectivity index (χ0v) is 30.1. The number of para-hydroxylation sites is 3. The van der Waals surface area contributed by atoms with Gasteiger partial charge in [-0.1, -0.05) is 97.1 Å². The first kappa shape index (κ1) is 30.3. The van der Waals surface area contributed by atoms with Crippen molar-refractivity contribution in [1.29, 1.82) is 0 Å². The lowest BCUT2D eigenvalue weighted by Crippen LogP contribution is -2.10. The summed E-state index contributed by atoms with van der Waals surface area (Å²) in [6.07, 6.45) is 0. The van der Waals surface area contributed by atoms with E-state index in [0.29, 0.717) is 11.5 Å². The van der Waals surface area contributed by atoms with Crippen molar-refractivity contribution in [2.45, 2.75) is 0 Å². The molecule has 0 aliphatic heterocycles. The van der Waals surface area contributed by atoms with Crippen LogP contribution in [0.3, 0.4) is 0 Å². The molecule has 55 heavy (non-hydrogen) atoms. The fourth-order valence-electron chi connectivity index (χ4n) is 8.36. The fraction of sp³-hybridized carbons (Fsp3) is 0. The molecule has 0 aliphatic rings. The van der Waals surface area contributed by atoms with Gasteiger partial charge in [-0.05, 0) is 72.8 Å². The van der Waals surface area contributed by atoms with Crippen LogP contribution >= 0.6 is 11.3 Å². The zero-order chi connectivity index (χ0) is 36.0. The normalized spacial score (nSPS) is 12.0. The van der Waals surface area contributed by atoms with Crippen LogP contribution in [0.2, 0.25) is 0 Å². The monoisotopic (exact) mass is 723 g/mol. The second-order valence-corrected chi connectivity index (χ2v) is 15.0. The topological polar surface area (TPSA) is 47.3 Å². The Hall–Kier alpha value is -7.15. The van der Waals surface area contributed by atoms with Gasteiger partial charge in [0.1, 0.15) is 11.1 Å². The summed E-state index contributed by atoms with van der Waals surface area (Å²) in [5.74, 6) is 0.575. The molecule has 6 heteroatoms. The molecule has 0 saturated heterocycles. The summed E-state index contributed by atoms with van der Waals surface area (Å²) in [4.78, 5) is 7.44. The van der Waals surface area contributed by atoms with Crippen LogP contribution in [0.25, 0.3) is 92.2 Å². The summed E-state index contributed by atoms with van der Waals surface area (Å²) in [6.45, 7) is 0. The molecule has 5 nitrogen and oxygen atoms in total. The number of anilines is 3. The molecule has 0 bridgehead atoms. The summed E-state index contributed by atoms with van der Waals surface area (Å²) < 4.78 is 18.4. The van der Waals surface area contributed by atoms with Crippen molar-refractivity contribution in [3.05, 3.63) is 176 Å². The minimum atomic E-state index is 0.575. The Balaban J connectivity index is 1.19. The Morgan fingerprint density at radius 2 is 1.16 bits per heavy atom. The van der Waals surface area contributed by atoms with Crippen LogP contribution < -0.4 is 4.90 Å². The number of hydrogen-bond donors (Lipinski definition) is 0. The number of aromatic nitrogens is 2. The van der Waals surface area contributed by atoms with Gasteiger partial charge in [-0.25, -0.2) is 4.98 Å². The Labute approximate surface area is 318 Å². The second kappa shape index (κ2) is 11.7. The molecule has 12 aromatic rings. The van der Waals surface area contributed by atoms with Crippen molar-refractivity contribution in [3.63, 3.8) is 0 Å². The molecular weight excluding hydrogens is 695 g/mol. The van der Waals surface area contributed by atoms with Gasteiger partial charge in [-0.3, -0.25) is 0 Å². The third-order valence-electron chi connectivity index (χ3n) is 10.8. The van der Waals surface area contributed by atoms with E-state index < -0.39 is 0 Å². The van der Waals surface area contributed by atoms with E-state index in [4.69, 9.17) is 13.8 Å². The van der Waals surface area contributed by atoms with E-state index in [1.54, 1.807) is 0 Å². The summed E-state index contributed by atoms with van der Waals surface area (Å²) in [7, 11) is 0. The molecule has 0 fully saturated rings. The second-order valence-electron chi connectivity index (χ2n) is 13.9. The van der Waals surface area contributed by atoms with E-state index in [-0.39, 0.29) is 0 Å². The molecular formula is C49H29N3O2S. The number of benzene rings is 8. The Morgan fingerprint density at radius 1 is 0.491 bits per heavy atom. The summed E-state index contributed by atoms with van der Waals surface area (Å²) in [6, 6.07) is 61.9. The van der Waals surface area contributed by atoms with Gasteiger partial charge in [-0.15, -0.1) is 11.3 Å². The molecule has 4 aromatic heterocycles. The molecule has 0 spiro atoms. The molecule has 0 aliphatic carbocycles. The maximum Gasteiger partial charge on any atom is 0.227 e. The highest BCUT2D eigenvalue weighted by atomic mass is 32.1. The lowest BCUT2D eigenvalue weighted by atomic mass is 10.1. The Kier molecular flexibility index (Phi) is 6.44. The molecule has 0 radical (unpaired) electrons. The SMILES string of the molecule is c1ccc(-c2nc3c(cc(N(c4ccc5sc6ccccc6c5c4)c4ccc5c6ccccc6n(-c6ccccc6)c5c4)c4oc5ccccc5c43)o2)cc1. The largest absolute Gasteiger partial charge is 0.454 e. The number of fused-ring (bicyclic) bond motifs is 11. The Morgan fingerprint density at radius 3 is 2.04 bits per heavy atom. The Bertz CT molecular complexity index is 3450. The smallest absolute Gasteiger partial charge is 0.227 e. The van der Waals surface area contributed by atoms with Gasteiger partial charge < -0.3 is 18.3 Å². The van der Waals surface area contributed by atoms with Crippen LogP contribution in [0.5, 0.6) is 0 Å². The van der Waals surface area contributed by atoms with E-state index in [1.165, 1.54) is 30.9 Å².